The fourth-order valence-corrected chi connectivity index (χ4v) is 4.23. The Labute approximate surface area is 116 Å². The van der Waals surface area contributed by atoms with Crippen molar-refractivity contribution in [2.24, 2.45) is 5.92 Å². The van der Waals surface area contributed by atoms with Gasteiger partial charge in [-0.25, -0.2) is 0 Å². The molecule has 0 aromatic rings. The second-order valence-electron chi connectivity index (χ2n) is 6.51. The molecule has 0 aromatic carbocycles. The zero-order valence-corrected chi connectivity index (χ0v) is 12.0. The predicted octanol–water partition coefficient (Wildman–Crippen LogP) is 3.13. The van der Waals surface area contributed by atoms with Crippen molar-refractivity contribution < 1.29 is 9.53 Å². The number of ether oxygens (including phenoxy) is 1. The van der Waals surface area contributed by atoms with Crippen LogP contribution in [-0.2, 0) is 9.53 Å². The van der Waals surface area contributed by atoms with Crippen LogP contribution in [0.3, 0.4) is 0 Å². The van der Waals surface area contributed by atoms with E-state index >= 15 is 0 Å². The molecule has 3 rings (SSSR count). The number of rotatable bonds is 4. The number of hydrogen-bond donors (Lipinski definition) is 0. The monoisotopic (exact) mass is 265 g/mol. The number of nitrogens with zero attached hydrogens (tertiary/aromatic N) is 1. The first-order chi connectivity index (χ1) is 9.34. The van der Waals surface area contributed by atoms with Crippen molar-refractivity contribution in [2.75, 3.05) is 13.2 Å². The first-order valence-electron chi connectivity index (χ1n) is 8.25. The van der Waals surface area contributed by atoms with Crippen LogP contribution in [0.1, 0.15) is 64.2 Å². The van der Waals surface area contributed by atoms with Crippen LogP contribution in [0.15, 0.2) is 0 Å². The number of likely N-dealkylation sites (tertiary alicyclic amines) is 1. The highest BCUT2D eigenvalue weighted by molar-refractivity contribution is 5.76. The molecule has 1 aliphatic carbocycles. The van der Waals surface area contributed by atoms with Crippen molar-refractivity contribution >= 4 is 5.91 Å². The molecule has 2 heterocycles. The molecule has 0 bridgehead atoms. The zero-order chi connectivity index (χ0) is 13.1. The first kappa shape index (κ1) is 13.4. The van der Waals surface area contributed by atoms with Crippen molar-refractivity contribution in [3.63, 3.8) is 0 Å². The molecule has 3 nitrogen and oxygen atoms in total. The Hall–Kier alpha value is -0.570. The van der Waals surface area contributed by atoms with E-state index in [1.807, 2.05) is 0 Å². The third kappa shape index (κ3) is 3.13. The van der Waals surface area contributed by atoms with E-state index in [2.05, 4.69) is 4.90 Å². The smallest absolute Gasteiger partial charge is 0.222 e. The van der Waals surface area contributed by atoms with E-state index in [0.29, 0.717) is 24.5 Å². The lowest BCUT2D eigenvalue weighted by molar-refractivity contribution is -0.133. The Balaban J connectivity index is 1.49. The summed E-state index contributed by atoms with van der Waals surface area (Å²) < 4.78 is 5.62. The fourth-order valence-electron chi connectivity index (χ4n) is 4.23. The molecule has 1 amide bonds. The Bertz CT molecular complexity index is 306. The maximum Gasteiger partial charge on any atom is 0.222 e. The van der Waals surface area contributed by atoms with Gasteiger partial charge in [-0.05, 0) is 50.9 Å². The summed E-state index contributed by atoms with van der Waals surface area (Å²) in [5.41, 5.74) is 0. The summed E-state index contributed by atoms with van der Waals surface area (Å²) in [4.78, 5) is 14.7. The van der Waals surface area contributed by atoms with E-state index < -0.39 is 0 Å². The van der Waals surface area contributed by atoms with E-state index in [4.69, 9.17) is 4.74 Å². The van der Waals surface area contributed by atoms with Gasteiger partial charge in [0.2, 0.25) is 5.91 Å². The lowest BCUT2D eigenvalue weighted by Crippen LogP contribution is -2.39. The molecule has 0 spiro atoms. The molecule has 2 atom stereocenters. The Kier molecular flexibility index (Phi) is 4.42. The van der Waals surface area contributed by atoms with Gasteiger partial charge in [0.05, 0.1) is 6.10 Å². The topological polar surface area (TPSA) is 29.5 Å². The van der Waals surface area contributed by atoms with Gasteiger partial charge in [0.25, 0.3) is 0 Å². The molecule has 3 aliphatic rings. The third-order valence-corrected chi connectivity index (χ3v) is 5.27. The highest BCUT2D eigenvalue weighted by atomic mass is 16.5. The van der Waals surface area contributed by atoms with E-state index in [1.54, 1.807) is 0 Å². The fraction of sp³-hybridized carbons (Fsp3) is 0.938. The predicted molar refractivity (Wildman–Crippen MR) is 74.9 cm³/mol. The largest absolute Gasteiger partial charge is 0.378 e. The van der Waals surface area contributed by atoms with Crippen LogP contribution in [-0.4, -0.2) is 36.1 Å². The third-order valence-electron chi connectivity index (χ3n) is 5.27. The lowest BCUT2D eigenvalue weighted by atomic mass is 9.95. The summed E-state index contributed by atoms with van der Waals surface area (Å²) in [5, 5.41) is 0. The Morgan fingerprint density at radius 2 is 1.89 bits per heavy atom. The van der Waals surface area contributed by atoms with Crippen molar-refractivity contribution in [3.8, 4) is 0 Å². The molecule has 2 aliphatic heterocycles. The van der Waals surface area contributed by atoms with Gasteiger partial charge in [0, 0.05) is 25.6 Å². The molecule has 0 N–H and O–H groups in total. The molecule has 3 fully saturated rings. The maximum atomic E-state index is 12.4. The number of amides is 1. The van der Waals surface area contributed by atoms with E-state index in [-0.39, 0.29) is 0 Å². The summed E-state index contributed by atoms with van der Waals surface area (Å²) in [6.45, 7) is 1.90. The van der Waals surface area contributed by atoms with Crippen molar-refractivity contribution in [2.45, 2.75) is 76.4 Å². The normalized spacial score (nSPS) is 32.3. The van der Waals surface area contributed by atoms with Crippen LogP contribution in [0.2, 0.25) is 0 Å². The average Bonchev–Trinajstić information content (AvgIpc) is 3.14. The summed E-state index contributed by atoms with van der Waals surface area (Å²) in [5.74, 6) is 1.19. The molecule has 19 heavy (non-hydrogen) atoms. The van der Waals surface area contributed by atoms with Gasteiger partial charge in [-0.15, -0.1) is 0 Å². The number of carbonyl (C=O) groups is 1. The molecule has 0 unspecified atom stereocenters. The quantitative estimate of drug-likeness (QED) is 0.781. The summed E-state index contributed by atoms with van der Waals surface area (Å²) in [6, 6.07) is 0.569. The molecule has 3 heteroatoms. The van der Waals surface area contributed by atoms with Crippen LogP contribution < -0.4 is 0 Å². The first-order valence-corrected chi connectivity index (χ1v) is 8.25. The van der Waals surface area contributed by atoms with Gasteiger partial charge in [-0.1, -0.05) is 12.8 Å². The summed E-state index contributed by atoms with van der Waals surface area (Å²) in [6.07, 6.45) is 12.2. The van der Waals surface area contributed by atoms with Crippen LogP contribution in [0.4, 0.5) is 0 Å². The van der Waals surface area contributed by atoms with Gasteiger partial charge in [0.1, 0.15) is 0 Å². The number of hydrogen-bond acceptors (Lipinski definition) is 2. The minimum Gasteiger partial charge on any atom is -0.378 e. The second-order valence-corrected chi connectivity index (χ2v) is 6.51. The van der Waals surface area contributed by atoms with Gasteiger partial charge in [-0.3, -0.25) is 4.79 Å². The molecule has 1 saturated carbocycles. The number of carbonyl (C=O) groups excluding carboxylic acids is 1. The van der Waals surface area contributed by atoms with Gasteiger partial charge in [0.15, 0.2) is 0 Å². The highest BCUT2D eigenvalue weighted by Crippen LogP contribution is 2.35. The lowest BCUT2D eigenvalue weighted by Gasteiger charge is -2.29. The van der Waals surface area contributed by atoms with E-state index in [9.17, 15) is 4.79 Å². The SMILES string of the molecule is O=C(CC[C@@H]1CCCO1)N1CCC[C@@H]1C1CCCC1. The van der Waals surface area contributed by atoms with Crippen molar-refractivity contribution in [3.05, 3.63) is 0 Å². The Morgan fingerprint density at radius 3 is 2.63 bits per heavy atom. The molecule has 2 saturated heterocycles. The molecule has 0 radical (unpaired) electrons. The van der Waals surface area contributed by atoms with E-state index in [1.165, 1.54) is 44.9 Å². The standard InChI is InChI=1S/C16H27NO2/c18-16(10-9-14-7-4-12-19-14)17-11-3-8-15(17)13-5-1-2-6-13/h13-15H,1-12H2/t14-,15+/m0/s1. The Morgan fingerprint density at radius 1 is 1.05 bits per heavy atom. The van der Waals surface area contributed by atoms with Gasteiger partial charge < -0.3 is 9.64 Å². The summed E-state index contributed by atoms with van der Waals surface area (Å²) >= 11 is 0. The van der Waals surface area contributed by atoms with Gasteiger partial charge >= 0.3 is 0 Å². The van der Waals surface area contributed by atoms with E-state index in [0.717, 1.165) is 31.9 Å². The maximum absolute atomic E-state index is 12.4. The summed E-state index contributed by atoms with van der Waals surface area (Å²) in [7, 11) is 0. The molecule has 0 aromatic heterocycles. The highest BCUT2D eigenvalue weighted by Gasteiger charge is 2.35. The second kappa shape index (κ2) is 6.25. The van der Waals surface area contributed by atoms with Crippen molar-refractivity contribution in [1.82, 2.24) is 4.90 Å². The minimum absolute atomic E-state index is 0.358. The van der Waals surface area contributed by atoms with Crippen LogP contribution >= 0.6 is 0 Å². The van der Waals surface area contributed by atoms with Crippen LogP contribution in [0.5, 0.6) is 0 Å². The average molecular weight is 265 g/mol. The van der Waals surface area contributed by atoms with Crippen LogP contribution in [0, 0.1) is 5.92 Å². The zero-order valence-electron chi connectivity index (χ0n) is 12.0. The minimum atomic E-state index is 0.358. The molecular weight excluding hydrogens is 238 g/mol. The van der Waals surface area contributed by atoms with Gasteiger partial charge in [-0.2, -0.15) is 0 Å². The van der Waals surface area contributed by atoms with Crippen LogP contribution in [0.25, 0.3) is 0 Å². The molecule has 108 valence electrons. The van der Waals surface area contributed by atoms with Crippen molar-refractivity contribution in [1.29, 1.82) is 0 Å². The molecular formula is C16H27NO2.